The lowest BCUT2D eigenvalue weighted by molar-refractivity contribution is -0.125. The Morgan fingerprint density at radius 3 is 2.56 bits per heavy atom. The van der Waals surface area contributed by atoms with Crippen molar-refractivity contribution in [2.24, 2.45) is 5.92 Å². The van der Waals surface area contributed by atoms with Crippen LogP contribution in [0, 0.1) is 12.8 Å². The van der Waals surface area contributed by atoms with Gasteiger partial charge in [-0.15, -0.1) is 0 Å². The van der Waals surface area contributed by atoms with Crippen molar-refractivity contribution in [3.8, 4) is 0 Å². The zero-order valence-corrected chi connectivity index (χ0v) is 15.6. The molecule has 2 heterocycles. The van der Waals surface area contributed by atoms with Gasteiger partial charge >= 0.3 is 0 Å². The number of anilines is 2. The number of nitrogens with zero attached hydrogens (tertiary/aromatic N) is 2. The number of likely N-dealkylation sites (tertiary alicyclic amines) is 1. The fraction of sp³-hybridized carbons (Fsp3) is 0.364. The lowest BCUT2D eigenvalue weighted by atomic mass is 9.94. The molecule has 0 saturated carbocycles. The summed E-state index contributed by atoms with van der Waals surface area (Å²) in [7, 11) is 0. The minimum absolute atomic E-state index is 0.0166. The number of fused-ring (bicyclic) bond motifs is 1. The van der Waals surface area contributed by atoms with Crippen LogP contribution in [0.25, 0.3) is 0 Å². The van der Waals surface area contributed by atoms with Crippen molar-refractivity contribution in [1.82, 2.24) is 4.90 Å². The minimum atomic E-state index is -0.126. The van der Waals surface area contributed by atoms with Crippen LogP contribution in [0.2, 0.25) is 0 Å². The highest BCUT2D eigenvalue weighted by Crippen LogP contribution is 2.32. The van der Waals surface area contributed by atoms with Crippen molar-refractivity contribution in [1.29, 1.82) is 0 Å². The highest BCUT2D eigenvalue weighted by Gasteiger charge is 2.33. The number of hydrogen-bond acceptors (Lipinski definition) is 3. The summed E-state index contributed by atoms with van der Waals surface area (Å²) in [4.78, 5) is 29.2. The van der Waals surface area contributed by atoms with Crippen LogP contribution in [0.15, 0.2) is 48.5 Å². The van der Waals surface area contributed by atoms with E-state index in [1.54, 1.807) is 4.90 Å². The normalized spacial score (nSPS) is 18.1. The summed E-state index contributed by atoms with van der Waals surface area (Å²) in [6.07, 6.45) is 1.68. The van der Waals surface area contributed by atoms with Gasteiger partial charge in [-0.2, -0.15) is 0 Å². The Bertz CT molecular complexity index is 856. The van der Waals surface area contributed by atoms with E-state index in [1.165, 1.54) is 11.1 Å². The van der Waals surface area contributed by atoms with Crippen LogP contribution < -0.4 is 10.2 Å². The highest BCUT2D eigenvalue weighted by molar-refractivity contribution is 6.10. The topological polar surface area (TPSA) is 52.7 Å². The van der Waals surface area contributed by atoms with Gasteiger partial charge in [0.15, 0.2) is 0 Å². The molecule has 1 N–H and O–H groups in total. The van der Waals surface area contributed by atoms with Crippen LogP contribution in [0.5, 0.6) is 0 Å². The second-order valence-electron chi connectivity index (χ2n) is 7.47. The van der Waals surface area contributed by atoms with Gasteiger partial charge in [0.25, 0.3) is 0 Å². The molecule has 0 spiro atoms. The molecule has 0 unspecified atom stereocenters. The van der Waals surface area contributed by atoms with E-state index >= 15 is 0 Å². The number of aryl methyl sites for hydroxylation is 1. The lowest BCUT2D eigenvalue weighted by Crippen LogP contribution is -2.47. The maximum atomic E-state index is 13.1. The number of para-hydroxylation sites is 2. The van der Waals surface area contributed by atoms with Crippen molar-refractivity contribution in [3.63, 3.8) is 0 Å². The van der Waals surface area contributed by atoms with E-state index in [9.17, 15) is 9.59 Å². The monoisotopic (exact) mass is 363 g/mol. The maximum absolute atomic E-state index is 13.1. The smallest absolute Gasteiger partial charge is 0.244 e. The number of benzene rings is 2. The van der Waals surface area contributed by atoms with Crippen LogP contribution >= 0.6 is 0 Å². The molecule has 0 aromatic heterocycles. The van der Waals surface area contributed by atoms with E-state index in [0.717, 1.165) is 43.9 Å². The van der Waals surface area contributed by atoms with Crippen LogP contribution in [0.3, 0.4) is 0 Å². The molecule has 2 aromatic carbocycles. The molecule has 2 aliphatic heterocycles. The maximum Gasteiger partial charge on any atom is 0.244 e. The van der Waals surface area contributed by atoms with Gasteiger partial charge in [-0.1, -0.05) is 36.4 Å². The zero-order valence-electron chi connectivity index (χ0n) is 15.6. The molecule has 2 aliphatic rings. The Kier molecular flexibility index (Phi) is 4.94. The van der Waals surface area contributed by atoms with Crippen LogP contribution in [-0.2, 0) is 16.1 Å². The SMILES string of the molecule is Cc1ccccc1CN1CCC(C(=O)N2CC(=O)Nc3ccccc32)CC1. The number of carbonyl (C=O) groups is 2. The molecule has 5 heteroatoms. The average molecular weight is 363 g/mol. The van der Waals surface area contributed by atoms with E-state index in [0.29, 0.717) is 0 Å². The third-order valence-corrected chi connectivity index (χ3v) is 5.63. The average Bonchev–Trinajstić information content (AvgIpc) is 2.69. The van der Waals surface area contributed by atoms with Crippen LogP contribution in [-0.4, -0.2) is 36.3 Å². The Morgan fingerprint density at radius 1 is 1.07 bits per heavy atom. The molecular formula is C22H25N3O2. The Balaban J connectivity index is 1.41. The molecule has 0 radical (unpaired) electrons. The van der Waals surface area contributed by atoms with Gasteiger partial charge in [0, 0.05) is 12.5 Å². The summed E-state index contributed by atoms with van der Waals surface area (Å²) in [5.41, 5.74) is 4.19. The molecule has 0 bridgehead atoms. The number of carbonyl (C=O) groups excluding carboxylic acids is 2. The standard InChI is InChI=1S/C22H25N3O2/c1-16-6-2-3-7-18(16)14-24-12-10-17(11-13-24)22(27)25-15-21(26)23-19-8-4-5-9-20(19)25/h2-9,17H,10-15H2,1H3,(H,23,26). The van der Waals surface area contributed by atoms with E-state index in [2.05, 4.69) is 41.4 Å². The zero-order chi connectivity index (χ0) is 18.8. The molecule has 2 aromatic rings. The summed E-state index contributed by atoms with van der Waals surface area (Å²) < 4.78 is 0. The molecule has 1 fully saturated rings. The second-order valence-corrected chi connectivity index (χ2v) is 7.47. The highest BCUT2D eigenvalue weighted by atomic mass is 16.2. The second kappa shape index (κ2) is 7.53. The van der Waals surface area contributed by atoms with Gasteiger partial charge in [0.05, 0.1) is 11.4 Å². The Hall–Kier alpha value is -2.66. The third-order valence-electron chi connectivity index (χ3n) is 5.63. The molecule has 140 valence electrons. The first kappa shape index (κ1) is 17.7. The predicted octanol–water partition coefficient (Wildman–Crippen LogP) is 3.19. The molecule has 27 heavy (non-hydrogen) atoms. The van der Waals surface area contributed by atoms with E-state index < -0.39 is 0 Å². The number of rotatable bonds is 3. The van der Waals surface area contributed by atoms with Gasteiger partial charge in [-0.05, 0) is 56.1 Å². The Morgan fingerprint density at radius 2 is 1.78 bits per heavy atom. The minimum Gasteiger partial charge on any atom is -0.323 e. The molecular weight excluding hydrogens is 338 g/mol. The van der Waals surface area contributed by atoms with Crippen molar-refractivity contribution in [3.05, 3.63) is 59.7 Å². The van der Waals surface area contributed by atoms with Gasteiger partial charge in [-0.25, -0.2) is 0 Å². The molecule has 5 nitrogen and oxygen atoms in total. The first-order valence-corrected chi connectivity index (χ1v) is 9.59. The predicted molar refractivity (Wildman–Crippen MR) is 107 cm³/mol. The Labute approximate surface area is 160 Å². The molecule has 0 atom stereocenters. The summed E-state index contributed by atoms with van der Waals surface area (Å²) in [6, 6.07) is 16.0. The van der Waals surface area contributed by atoms with Crippen molar-refractivity contribution in [2.45, 2.75) is 26.3 Å². The fourth-order valence-corrected chi connectivity index (χ4v) is 4.02. The summed E-state index contributed by atoms with van der Waals surface area (Å²) in [6.45, 7) is 5.01. The number of nitrogens with one attached hydrogen (secondary N) is 1. The van der Waals surface area contributed by atoms with Crippen LogP contribution in [0.1, 0.15) is 24.0 Å². The van der Waals surface area contributed by atoms with E-state index in [4.69, 9.17) is 0 Å². The molecule has 0 aliphatic carbocycles. The van der Waals surface area contributed by atoms with E-state index in [-0.39, 0.29) is 24.3 Å². The van der Waals surface area contributed by atoms with Gasteiger partial charge in [0.2, 0.25) is 11.8 Å². The summed E-state index contributed by atoms with van der Waals surface area (Å²) in [5, 5.41) is 2.85. The van der Waals surface area contributed by atoms with Crippen molar-refractivity contribution in [2.75, 3.05) is 29.9 Å². The van der Waals surface area contributed by atoms with Gasteiger partial charge in [0.1, 0.15) is 6.54 Å². The lowest BCUT2D eigenvalue weighted by Gasteiger charge is -2.36. The first-order chi connectivity index (χ1) is 13.1. The number of amides is 2. The molecule has 1 saturated heterocycles. The molecule has 4 rings (SSSR count). The summed E-state index contributed by atoms with van der Waals surface area (Å²) in [5.74, 6) is -0.0658. The number of piperidine rings is 1. The largest absolute Gasteiger partial charge is 0.323 e. The quantitative estimate of drug-likeness (QED) is 0.911. The van der Waals surface area contributed by atoms with E-state index in [1.807, 2.05) is 24.3 Å². The number of hydrogen-bond donors (Lipinski definition) is 1. The van der Waals surface area contributed by atoms with Crippen molar-refractivity contribution >= 4 is 23.2 Å². The van der Waals surface area contributed by atoms with Gasteiger partial charge in [-0.3, -0.25) is 14.5 Å². The third kappa shape index (κ3) is 3.74. The molecule has 2 amide bonds. The van der Waals surface area contributed by atoms with Gasteiger partial charge < -0.3 is 10.2 Å². The van der Waals surface area contributed by atoms with Crippen LogP contribution in [0.4, 0.5) is 11.4 Å². The van der Waals surface area contributed by atoms with Crippen molar-refractivity contribution < 1.29 is 9.59 Å². The fourth-order valence-electron chi connectivity index (χ4n) is 4.02. The summed E-state index contributed by atoms with van der Waals surface area (Å²) >= 11 is 0. The first-order valence-electron chi connectivity index (χ1n) is 9.59.